The molecule has 2 unspecified atom stereocenters. The summed E-state index contributed by atoms with van der Waals surface area (Å²) in [5.41, 5.74) is 9.24. The number of rotatable bonds is 8. The molecule has 232 valence electrons. The average molecular weight is 665 g/mol. The summed E-state index contributed by atoms with van der Waals surface area (Å²) in [7, 11) is -4.20. The molecule has 2 fully saturated rings. The van der Waals surface area contributed by atoms with Gasteiger partial charge in [-0.15, -0.1) is 0 Å². The molecule has 0 spiro atoms. The zero-order chi connectivity index (χ0) is 31.8. The highest BCUT2D eigenvalue weighted by Crippen LogP contribution is 2.52. The molecule has 1 saturated heterocycles. The van der Waals surface area contributed by atoms with Gasteiger partial charge in [0, 0.05) is 29.9 Å². The van der Waals surface area contributed by atoms with Gasteiger partial charge in [0.1, 0.15) is 4.32 Å². The van der Waals surface area contributed by atoms with Crippen molar-refractivity contribution < 1.29 is 17.8 Å². The normalized spacial score (nSPS) is 19.9. The Hall–Kier alpha value is -4.02. The van der Waals surface area contributed by atoms with E-state index in [2.05, 4.69) is 95.9 Å². The molecule has 2 heterocycles. The molecule has 6 nitrogen and oxygen atoms in total. The zero-order valence-electron chi connectivity index (χ0n) is 25.0. The Bertz CT molecular complexity index is 1930. The van der Waals surface area contributed by atoms with Crippen molar-refractivity contribution in [1.82, 2.24) is 4.90 Å². The first-order valence-corrected chi connectivity index (χ1v) is 18.1. The lowest BCUT2D eigenvalue weighted by Gasteiger charge is -2.27. The predicted molar refractivity (Wildman–Crippen MR) is 192 cm³/mol. The maximum atomic E-state index is 13.0. The number of hydrogen-bond acceptors (Lipinski definition) is 6. The number of amides is 1. The van der Waals surface area contributed by atoms with Gasteiger partial charge in [0.25, 0.3) is 16.0 Å². The standard InChI is InChI=1S/C37H32N2O4S3/c40-36-35(45-37(44)38(36)20-21-46(41,42)43)24-26-16-19-34-32(23-26)30-12-7-13-33(30)39(34)29-17-14-25(15-18-29)22-31(27-8-3-1-4-9-27)28-10-5-2-6-11-28/h1-6,8-11,14-19,22-24,30,33H,7,12-13,20-21H2,(H,41,42,43)/b35-24+. The van der Waals surface area contributed by atoms with Gasteiger partial charge >= 0.3 is 0 Å². The number of carbonyl (C=O) groups excluding carboxylic acids is 1. The van der Waals surface area contributed by atoms with E-state index in [-0.39, 0.29) is 12.5 Å². The van der Waals surface area contributed by atoms with Gasteiger partial charge < -0.3 is 4.90 Å². The minimum absolute atomic E-state index is 0.169. The molecule has 2 aliphatic heterocycles. The minimum Gasteiger partial charge on any atom is -0.338 e. The summed E-state index contributed by atoms with van der Waals surface area (Å²) >= 11 is 6.49. The molecule has 4 aromatic rings. The first-order chi connectivity index (χ1) is 22.2. The predicted octanol–water partition coefficient (Wildman–Crippen LogP) is 8.15. The Kier molecular flexibility index (Phi) is 8.42. The van der Waals surface area contributed by atoms with Gasteiger partial charge in [0.15, 0.2) is 0 Å². The van der Waals surface area contributed by atoms with Gasteiger partial charge in [-0.25, -0.2) is 0 Å². The van der Waals surface area contributed by atoms with Gasteiger partial charge in [-0.3, -0.25) is 14.2 Å². The molecule has 0 bridgehead atoms. The topological polar surface area (TPSA) is 77.9 Å². The van der Waals surface area contributed by atoms with Crippen molar-refractivity contribution in [3.05, 3.63) is 136 Å². The van der Waals surface area contributed by atoms with E-state index < -0.39 is 15.9 Å². The average Bonchev–Trinajstić information content (AvgIpc) is 3.72. The van der Waals surface area contributed by atoms with E-state index in [1.807, 2.05) is 24.3 Å². The molecule has 1 aliphatic carbocycles. The third-order valence-electron chi connectivity index (χ3n) is 8.92. The van der Waals surface area contributed by atoms with E-state index in [1.54, 1.807) is 0 Å². The highest BCUT2D eigenvalue weighted by Gasteiger charge is 2.42. The van der Waals surface area contributed by atoms with Crippen LogP contribution >= 0.6 is 24.0 Å². The Labute approximate surface area is 279 Å². The fourth-order valence-electron chi connectivity index (χ4n) is 6.82. The number of thioether (sulfide) groups is 1. The third-order valence-corrected chi connectivity index (χ3v) is 11.0. The molecule has 7 rings (SSSR count). The fraction of sp³-hybridized carbons (Fsp3) is 0.189. The largest absolute Gasteiger partial charge is 0.338 e. The Morgan fingerprint density at radius 1 is 0.891 bits per heavy atom. The molecule has 1 saturated carbocycles. The van der Waals surface area contributed by atoms with Gasteiger partial charge in [-0.2, -0.15) is 8.42 Å². The van der Waals surface area contributed by atoms with Crippen molar-refractivity contribution in [2.75, 3.05) is 17.2 Å². The van der Waals surface area contributed by atoms with E-state index in [9.17, 15) is 13.2 Å². The molecule has 3 aliphatic rings. The van der Waals surface area contributed by atoms with Crippen LogP contribution in [-0.4, -0.2) is 46.4 Å². The Morgan fingerprint density at radius 3 is 2.20 bits per heavy atom. The number of thiocarbonyl (C=S) groups is 1. The van der Waals surface area contributed by atoms with Gasteiger partial charge in [-0.05, 0) is 82.6 Å². The molecule has 9 heteroatoms. The summed E-state index contributed by atoms with van der Waals surface area (Å²) in [6.45, 7) is -0.169. The van der Waals surface area contributed by atoms with Crippen LogP contribution in [0.3, 0.4) is 0 Å². The second kappa shape index (κ2) is 12.6. The lowest BCUT2D eigenvalue weighted by atomic mass is 9.95. The van der Waals surface area contributed by atoms with Gasteiger partial charge in [0.05, 0.1) is 10.7 Å². The van der Waals surface area contributed by atoms with Crippen LogP contribution in [0.15, 0.2) is 108 Å². The van der Waals surface area contributed by atoms with Crippen molar-refractivity contribution in [2.24, 2.45) is 0 Å². The highest BCUT2D eigenvalue weighted by molar-refractivity contribution is 8.26. The molecule has 2 atom stereocenters. The maximum Gasteiger partial charge on any atom is 0.266 e. The summed E-state index contributed by atoms with van der Waals surface area (Å²) in [4.78, 5) is 17.2. The Balaban J connectivity index is 1.16. The highest BCUT2D eigenvalue weighted by atomic mass is 32.2. The van der Waals surface area contributed by atoms with Crippen LogP contribution in [0.1, 0.15) is 53.0 Å². The van der Waals surface area contributed by atoms with Crippen LogP contribution in [0.2, 0.25) is 0 Å². The summed E-state index contributed by atoms with van der Waals surface area (Å²) in [5, 5.41) is 0. The van der Waals surface area contributed by atoms with Crippen molar-refractivity contribution in [3.8, 4) is 0 Å². The van der Waals surface area contributed by atoms with Crippen molar-refractivity contribution in [1.29, 1.82) is 0 Å². The van der Waals surface area contributed by atoms with E-state index in [1.165, 1.54) is 45.0 Å². The summed E-state index contributed by atoms with van der Waals surface area (Å²) < 4.78 is 31.8. The maximum absolute atomic E-state index is 13.0. The first-order valence-electron chi connectivity index (χ1n) is 15.3. The molecule has 46 heavy (non-hydrogen) atoms. The monoisotopic (exact) mass is 664 g/mol. The lowest BCUT2D eigenvalue weighted by Crippen LogP contribution is -2.32. The van der Waals surface area contributed by atoms with E-state index >= 15 is 0 Å². The molecule has 1 N–H and O–H groups in total. The van der Waals surface area contributed by atoms with E-state index in [4.69, 9.17) is 16.8 Å². The van der Waals surface area contributed by atoms with Crippen LogP contribution in [0.4, 0.5) is 11.4 Å². The second-order valence-electron chi connectivity index (χ2n) is 11.8. The molecule has 1 amide bonds. The fourth-order valence-corrected chi connectivity index (χ4v) is 8.54. The number of nitrogens with zero attached hydrogens (tertiary/aromatic N) is 2. The van der Waals surface area contributed by atoms with Crippen molar-refractivity contribution in [2.45, 2.75) is 31.2 Å². The summed E-state index contributed by atoms with van der Waals surface area (Å²) in [5.74, 6) is -0.477. The SMILES string of the molecule is O=C1/C(=C\c2ccc3c(c2)C2CCCC2N3c2ccc(C=C(c3ccccc3)c3ccccc3)cc2)SC(=S)N1CCS(=O)(=O)O. The van der Waals surface area contributed by atoms with Crippen LogP contribution in [0.5, 0.6) is 0 Å². The van der Waals surface area contributed by atoms with Crippen molar-refractivity contribution >= 4 is 73.4 Å². The second-order valence-corrected chi connectivity index (χ2v) is 15.0. The Morgan fingerprint density at radius 2 is 1.54 bits per heavy atom. The third kappa shape index (κ3) is 6.20. The number of benzene rings is 4. The smallest absolute Gasteiger partial charge is 0.266 e. The molecule has 0 radical (unpaired) electrons. The molecule has 0 aromatic heterocycles. The van der Waals surface area contributed by atoms with Crippen LogP contribution < -0.4 is 4.90 Å². The first kappa shape index (κ1) is 30.6. The summed E-state index contributed by atoms with van der Waals surface area (Å²) in [6.07, 6.45) is 7.49. The lowest BCUT2D eigenvalue weighted by molar-refractivity contribution is -0.121. The van der Waals surface area contributed by atoms with Gasteiger partial charge in [-0.1, -0.05) is 109 Å². The van der Waals surface area contributed by atoms with E-state index in [0.717, 1.165) is 35.7 Å². The summed E-state index contributed by atoms with van der Waals surface area (Å²) in [6, 6.07) is 36.5. The quantitative estimate of drug-likeness (QED) is 0.0882. The zero-order valence-corrected chi connectivity index (χ0v) is 27.4. The number of carbonyl (C=O) groups is 1. The van der Waals surface area contributed by atoms with Crippen LogP contribution in [-0.2, 0) is 14.9 Å². The van der Waals surface area contributed by atoms with Crippen LogP contribution in [0.25, 0.3) is 17.7 Å². The van der Waals surface area contributed by atoms with Crippen molar-refractivity contribution in [3.63, 3.8) is 0 Å². The number of fused-ring (bicyclic) bond motifs is 3. The van der Waals surface area contributed by atoms with Crippen LogP contribution in [0, 0.1) is 0 Å². The van der Waals surface area contributed by atoms with E-state index in [0.29, 0.717) is 21.2 Å². The molecular formula is C37H32N2O4S3. The number of hydrogen-bond donors (Lipinski definition) is 1. The molecular weight excluding hydrogens is 633 g/mol. The van der Waals surface area contributed by atoms with Gasteiger partial charge in [0.2, 0.25) is 0 Å². The number of anilines is 2. The molecule has 4 aromatic carbocycles. The minimum atomic E-state index is -4.20.